The second kappa shape index (κ2) is 9.11. The van der Waals surface area contributed by atoms with Gasteiger partial charge in [0.05, 0.1) is 5.69 Å². The highest BCUT2D eigenvalue weighted by Gasteiger charge is 2.15. The minimum absolute atomic E-state index is 0. The maximum absolute atomic E-state index is 13.2. The first-order valence-electron chi connectivity index (χ1n) is 7.93. The highest BCUT2D eigenvalue weighted by Crippen LogP contribution is 2.26. The molecule has 0 aliphatic carbocycles. The number of nitrogens with one attached hydrogen (secondary N) is 2. The number of carbonyl (C=O) groups excluding carboxylic acids is 1. The van der Waals surface area contributed by atoms with Gasteiger partial charge in [0.15, 0.2) is 5.13 Å². The maximum atomic E-state index is 13.2. The van der Waals surface area contributed by atoms with Crippen LogP contribution in [-0.4, -0.2) is 24.0 Å². The number of halogens is 2. The van der Waals surface area contributed by atoms with Gasteiger partial charge in [0.2, 0.25) is 5.91 Å². The molecule has 0 unspecified atom stereocenters. The van der Waals surface area contributed by atoms with Crippen molar-refractivity contribution in [2.45, 2.75) is 25.7 Å². The molecule has 2 aromatic rings. The van der Waals surface area contributed by atoms with Crippen LogP contribution in [0.1, 0.15) is 25.7 Å². The summed E-state index contributed by atoms with van der Waals surface area (Å²) in [5.41, 5.74) is 1.40. The van der Waals surface area contributed by atoms with E-state index in [1.54, 1.807) is 12.1 Å². The highest BCUT2D eigenvalue weighted by molar-refractivity contribution is 7.14. The number of aromatic nitrogens is 1. The first-order chi connectivity index (χ1) is 11.2. The van der Waals surface area contributed by atoms with E-state index in [2.05, 4.69) is 15.6 Å². The average molecular weight is 370 g/mol. The van der Waals surface area contributed by atoms with Crippen LogP contribution < -0.4 is 10.6 Å². The number of piperidine rings is 1. The summed E-state index contributed by atoms with van der Waals surface area (Å²) in [7, 11) is 0. The van der Waals surface area contributed by atoms with Crippen LogP contribution in [0.25, 0.3) is 11.3 Å². The Balaban J connectivity index is 0.00000208. The molecular formula is C17H21ClFN3OS. The van der Waals surface area contributed by atoms with Crippen molar-refractivity contribution in [3.05, 3.63) is 35.5 Å². The zero-order valence-corrected chi connectivity index (χ0v) is 14.9. The zero-order valence-electron chi connectivity index (χ0n) is 13.3. The molecule has 0 saturated carbocycles. The SMILES string of the molecule is Cl.O=C(CCC1CCNCC1)Nc1nc(-c2cccc(F)c2)cs1. The number of hydrogen-bond acceptors (Lipinski definition) is 4. The molecule has 1 aromatic carbocycles. The Morgan fingerprint density at radius 3 is 2.92 bits per heavy atom. The number of benzene rings is 1. The van der Waals surface area contributed by atoms with Crippen molar-refractivity contribution in [1.82, 2.24) is 10.3 Å². The summed E-state index contributed by atoms with van der Waals surface area (Å²) < 4.78 is 13.2. The van der Waals surface area contributed by atoms with E-state index in [1.807, 2.05) is 5.38 Å². The first-order valence-corrected chi connectivity index (χ1v) is 8.81. The van der Waals surface area contributed by atoms with Gasteiger partial charge in [-0.2, -0.15) is 0 Å². The summed E-state index contributed by atoms with van der Waals surface area (Å²) in [6, 6.07) is 6.30. The molecule has 4 nitrogen and oxygen atoms in total. The number of hydrogen-bond donors (Lipinski definition) is 2. The van der Waals surface area contributed by atoms with Gasteiger partial charge in [0, 0.05) is 17.4 Å². The molecule has 1 aliphatic heterocycles. The van der Waals surface area contributed by atoms with Gasteiger partial charge in [-0.25, -0.2) is 9.37 Å². The van der Waals surface area contributed by atoms with Crippen LogP contribution in [0.5, 0.6) is 0 Å². The Morgan fingerprint density at radius 1 is 1.38 bits per heavy atom. The van der Waals surface area contributed by atoms with E-state index in [1.165, 1.54) is 23.5 Å². The predicted molar refractivity (Wildman–Crippen MR) is 98.2 cm³/mol. The summed E-state index contributed by atoms with van der Waals surface area (Å²) in [6.07, 6.45) is 3.75. The monoisotopic (exact) mass is 369 g/mol. The summed E-state index contributed by atoms with van der Waals surface area (Å²) in [4.78, 5) is 16.4. The van der Waals surface area contributed by atoms with Gasteiger partial charge in [0.25, 0.3) is 0 Å². The van der Waals surface area contributed by atoms with E-state index in [-0.39, 0.29) is 24.1 Å². The van der Waals surface area contributed by atoms with Crippen molar-refractivity contribution >= 4 is 34.8 Å². The van der Waals surface area contributed by atoms with Gasteiger partial charge in [-0.05, 0) is 50.4 Å². The topological polar surface area (TPSA) is 54.0 Å². The lowest BCUT2D eigenvalue weighted by molar-refractivity contribution is -0.116. The van der Waals surface area contributed by atoms with Crippen molar-refractivity contribution in [3.63, 3.8) is 0 Å². The molecule has 24 heavy (non-hydrogen) atoms. The van der Waals surface area contributed by atoms with Crippen LogP contribution >= 0.6 is 23.7 Å². The van der Waals surface area contributed by atoms with Gasteiger partial charge in [-0.15, -0.1) is 23.7 Å². The molecule has 1 amide bonds. The van der Waals surface area contributed by atoms with Crippen molar-refractivity contribution in [3.8, 4) is 11.3 Å². The molecule has 0 spiro atoms. The molecule has 3 rings (SSSR count). The van der Waals surface area contributed by atoms with Gasteiger partial charge in [-0.1, -0.05) is 12.1 Å². The summed E-state index contributed by atoms with van der Waals surface area (Å²) in [6.45, 7) is 2.10. The van der Waals surface area contributed by atoms with E-state index in [0.717, 1.165) is 37.9 Å². The third kappa shape index (κ3) is 5.26. The quantitative estimate of drug-likeness (QED) is 0.834. The normalized spacial score (nSPS) is 14.9. The third-order valence-corrected chi connectivity index (χ3v) is 4.87. The van der Waals surface area contributed by atoms with Crippen molar-refractivity contribution in [2.24, 2.45) is 5.92 Å². The van der Waals surface area contributed by atoms with E-state index in [9.17, 15) is 9.18 Å². The van der Waals surface area contributed by atoms with Crippen LogP contribution in [0, 0.1) is 11.7 Å². The number of thiazole rings is 1. The molecule has 2 N–H and O–H groups in total. The Labute approximate surface area is 151 Å². The second-order valence-electron chi connectivity index (χ2n) is 5.83. The van der Waals surface area contributed by atoms with E-state index >= 15 is 0 Å². The summed E-state index contributed by atoms with van der Waals surface area (Å²) in [5.74, 6) is 0.355. The number of rotatable bonds is 5. The van der Waals surface area contributed by atoms with Gasteiger partial charge in [-0.3, -0.25) is 4.79 Å². The summed E-state index contributed by atoms with van der Waals surface area (Å²) in [5, 5.41) is 8.57. The van der Waals surface area contributed by atoms with Crippen LogP contribution in [0.3, 0.4) is 0 Å². The summed E-state index contributed by atoms with van der Waals surface area (Å²) >= 11 is 1.36. The largest absolute Gasteiger partial charge is 0.317 e. The molecule has 0 atom stereocenters. The fourth-order valence-corrected chi connectivity index (χ4v) is 3.53. The molecule has 1 aliphatic rings. The molecule has 0 bridgehead atoms. The van der Waals surface area contributed by atoms with Gasteiger partial charge < -0.3 is 10.6 Å². The number of anilines is 1. The molecule has 1 saturated heterocycles. The highest BCUT2D eigenvalue weighted by atomic mass is 35.5. The van der Waals surface area contributed by atoms with E-state index in [4.69, 9.17) is 0 Å². The second-order valence-corrected chi connectivity index (χ2v) is 6.69. The zero-order chi connectivity index (χ0) is 16.1. The van der Waals surface area contributed by atoms with Gasteiger partial charge >= 0.3 is 0 Å². The molecule has 130 valence electrons. The Hall–Kier alpha value is -1.50. The lowest BCUT2D eigenvalue weighted by Gasteiger charge is -2.21. The van der Waals surface area contributed by atoms with Crippen LogP contribution in [0.4, 0.5) is 9.52 Å². The minimum atomic E-state index is -0.289. The van der Waals surface area contributed by atoms with Gasteiger partial charge in [0.1, 0.15) is 5.82 Å². The van der Waals surface area contributed by atoms with E-state index in [0.29, 0.717) is 23.2 Å². The third-order valence-electron chi connectivity index (χ3n) is 4.11. The molecule has 1 aromatic heterocycles. The predicted octanol–water partition coefficient (Wildman–Crippen LogP) is 4.09. The molecule has 1 fully saturated rings. The smallest absolute Gasteiger partial charge is 0.226 e. The van der Waals surface area contributed by atoms with Crippen molar-refractivity contribution < 1.29 is 9.18 Å². The molecule has 2 heterocycles. The number of nitrogens with zero attached hydrogens (tertiary/aromatic N) is 1. The van der Waals surface area contributed by atoms with Crippen LogP contribution in [0.15, 0.2) is 29.6 Å². The first kappa shape index (κ1) is 18.8. The van der Waals surface area contributed by atoms with Crippen molar-refractivity contribution in [2.75, 3.05) is 18.4 Å². The Bertz CT molecular complexity index is 673. The number of carbonyl (C=O) groups is 1. The Kier molecular flexibility index (Phi) is 7.15. The Morgan fingerprint density at radius 2 is 2.17 bits per heavy atom. The van der Waals surface area contributed by atoms with Crippen LogP contribution in [-0.2, 0) is 4.79 Å². The van der Waals surface area contributed by atoms with Crippen LogP contribution in [0.2, 0.25) is 0 Å². The molecule has 7 heteroatoms. The van der Waals surface area contributed by atoms with E-state index < -0.39 is 0 Å². The standard InChI is InChI=1S/C17H20FN3OS.ClH/c18-14-3-1-2-13(10-14)15-11-23-17(20-15)21-16(22)5-4-12-6-8-19-9-7-12;/h1-3,10-12,19H,4-9H2,(H,20,21,22);1H. The minimum Gasteiger partial charge on any atom is -0.317 e. The van der Waals surface area contributed by atoms with Crippen molar-refractivity contribution in [1.29, 1.82) is 0 Å². The number of amides is 1. The lowest BCUT2D eigenvalue weighted by Crippen LogP contribution is -2.28. The fourth-order valence-electron chi connectivity index (χ4n) is 2.80. The fraction of sp³-hybridized carbons (Fsp3) is 0.412. The average Bonchev–Trinajstić information content (AvgIpc) is 3.02. The maximum Gasteiger partial charge on any atom is 0.226 e. The molecular weight excluding hydrogens is 349 g/mol. The lowest BCUT2D eigenvalue weighted by atomic mass is 9.93. The molecule has 0 radical (unpaired) electrons.